The molecule has 250 valence electrons. The molecule has 1 fully saturated rings. The molecule has 3 atom stereocenters. The molecule has 44 heavy (non-hydrogen) atoms. The lowest BCUT2D eigenvalue weighted by molar-refractivity contribution is -0.139. The van der Waals surface area contributed by atoms with E-state index in [9.17, 15) is 27.6 Å². The number of hydrogen-bond donors (Lipinski definition) is 1. The first-order valence-electron chi connectivity index (χ1n) is 16.2. The molecule has 1 aliphatic heterocycles. The fraction of sp³-hybridized carbons (Fsp3) is 0.781. The van der Waals surface area contributed by atoms with E-state index in [1.807, 2.05) is 6.92 Å². The van der Waals surface area contributed by atoms with Crippen LogP contribution in [0.4, 0.5) is 18.0 Å². The number of H-pyrrole nitrogens is 1. The number of nitrogens with one attached hydrogen (secondary N) is 1. The fourth-order valence-corrected chi connectivity index (χ4v) is 5.28. The van der Waals surface area contributed by atoms with Gasteiger partial charge in [-0.25, -0.2) is 9.59 Å². The first-order valence-corrected chi connectivity index (χ1v) is 16.2. The highest BCUT2D eigenvalue weighted by molar-refractivity contribution is 5.67. The summed E-state index contributed by atoms with van der Waals surface area (Å²) in [5.74, 6) is 2.32. The zero-order valence-electron chi connectivity index (χ0n) is 26.3. The summed E-state index contributed by atoms with van der Waals surface area (Å²) in [7, 11) is 0. The minimum absolute atomic E-state index is 0.0362. The van der Waals surface area contributed by atoms with Gasteiger partial charge >= 0.3 is 18.0 Å². The van der Waals surface area contributed by atoms with Gasteiger partial charge in [-0.15, -0.1) is 6.42 Å². The van der Waals surface area contributed by atoms with Crippen LogP contribution in [0.2, 0.25) is 0 Å². The number of alkyl halides is 3. The van der Waals surface area contributed by atoms with Crippen molar-refractivity contribution in [3.05, 3.63) is 32.6 Å². The molecule has 0 unspecified atom stereocenters. The summed E-state index contributed by atoms with van der Waals surface area (Å²) in [6, 6.07) is 0. The van der Waals surface area contributed by atoms with Gasteiger partial charge < -0.3 is 19.1 Å². The largest absolute Gasteiger partial charge is 0.447 e. The molecular weight excluding hydrogens is 579 g/mol. The molecule has 0 aromatic carbocycles. The Balaban J connectivity index is 1.88. The van der Waals surface area contributed by atoms with Crippen molar-refractivity contribution < 1.29 is 32.2 Å². The molecular formula is C32H50F3N3O6. The van der Waals surface area contributed by atoms with Gasteiger partial charge in [0, 0.05) is 25.7 Å². The molecule has 0 bridgehead atoms. The van der Waals surface area contributed by atoms with Gasteiger partial charge in [-0.3, -0.25) is 14.3 Å². The second-order valence-electron chi connectivity index (χ2n) is 11.4. The molecule has 1 N–H and O–H groups in total. The van der Waals surface area contributed by atoms with Crippen LogP contribution in [0.3, 0.4) is 0 Å². The summed E-state index contributed by atoms with van der Waals surface area (Å²) in [5, 5.41) is 0. The molecule has 12 heteroatoms. The average Bonchev–Trinajstić information content (AvgIpc) is 3.38. The molecule has 0 spiro atoms. The number of carbonyl (C=O) groups excluding carboxylic acids is 1. The predicted molar refractivity (Wildman–Crippen MR) is 162 cm³/mol. The molecule has 9 nitrogen and oxygen atoms in total. The molecule has 2 heterocycles. The number of ether oxygens (including phenoxy) is 3. The highest BCUT2D eigenvalue weighted by Gasteiger charge is 2.41. The maximum Gasteiger partial charge on any atom is 0.423 e. The number of halogens is 3. The molecule has 1 aromatic rings. The lowest BCUT2D eigenvalue weighted by Gasteiger charge is -2.24. The molecule has 2 rings (SSSR count). The monoisotopic (exact) mass is 629 g/mol. The van der Waals surface area contributed by atoms with Crippen molar-refractivity contribution in [2.45, 2.75) is 135 Å². The Morgan fingerprint density at radius 1 is 1.00 bits per heavy atom. The van der Waals surface area contributed by atoms with Crippen LogP contribution in [0, 0.1) is 12.3 Å². The van der Waals surface area contributed by atoms with Gasteiger partial charge in [0.2, 0.25) is 0 Å². The van der Waals surface area contributed by atoms with Crippen LogP contribution in [-0.4, -0.2) is 59.1 Å². The molecule has 1 aliphatic rings. The number of unbranched alkanes of at least 4 members (excludes halogenated alkanes) is 12. The number of aromatic nitrogens is 2. The lowest BCUT2D eigenvalue weighted by Crippen LogP contribution is -2.37. The van der Waals surface area contributed by atoms with E-state index in [2.05, 4.69) is 12.8 Å². The zero-order chi connectivity index (χ0) is 32.4. The van der Waals surface area contributed by atoms with Crippen molar-refractivity contribution in [2.75, 3.05) is 26.3 Å². The zero-order valence-corrected chi connectivity index (χ0v) is 26.3. The average molecular weight is 630 g/mol. The van der Waals surface area contributed by atoms with E-state index in [1.165, 1.54) is 57.8 Å². The number of carbonyl (C=O) groups is 1. The standard InChI is InChI=1S/C32H50F3N3O6/c1-4-7-9-10-11-12-13-14-15-16-17-18-20-37(19-8-5-2)31(41)43-24-27-26(42-21-6-3)22-28(44-27)38-23-25(32(33,34)35)29(39)36-30(38)40/h3,23,26-28H,4-5,7-22,24H2,1-2H3,(H,36,39,40)/t26-,27+,28+/m0/s1. The van der Waals surface area contributed by atoms with Crippen LogP contribution >= 0.6 is 0 Å². The Labute approximate surface area is 258 Å². The third-order valence-corrected chi connectivity index (χ3v) is 7.84. The van der Waals surface area contributed by atoms with Crippen molar-refractivity contribution in [3.8, 4) is 12.3 Å². The minimum atomic E-state index is -4.97. The van der Waals surface area contributed by atoms with Gasteiger partial charge in [0.25, 0.3) is 5.56 Å². The lowest BCUT2D eigenvalue weighted by atomic mass is 10.1. The van der Waals surface area contributed by atoms with Crippen molar-refractivity contribution in [2.24, 2.45) is 0 Å². The smallest absolute Gasteiger partial charge is 0.423 e. The van der Waals surface area contributed by atoms with Crippen molar-refractivity contribution in [1.82, 2.24) is 14.5 Å². The Kier molecular flexibility index (Phi) is 17.2. The number of amides is 1. The van der Waals surface area contributed by atoms with E-state index >= 15 is 0 Å². The number of hydrogen-bond acceptors (Lipinski definition) is 6. The van der Waals surface area contributed by atoms with Gasteiger partial charge in [0.05, 0.1) is 6.10 Å². The van der Waals surface area contributed by atoms with Crippen molar-refractivity contribution in [3.63, 3.8) is 0 Å². The third-order valence-electron chi connectivity index (χ3n) is 7.84. The summed E-state index contributed by atoms with van der Waals surface area (Å²) in [6.07, 6.45) is 13.7. The van der Waals surface area contributed by atoms with Gasteiger partial charge in [-0.05, 0) is 12.8 Å². The van der Waals surface area contributed by atoms with E-state index in [-0.39, 0.29) is 19.6 Å². The molecule has 0 saturated carbocycles. The van der Waals surface area contributed by atoms with Crippen LogP contribution in [0.15, 0.2) is 15.8 Å². The first-order chi connectivity index (χ1) is 21.1. The third kappa shape index (κ3) is 13.1. The Morgan fingerprint density at radius 2 is 1.57 bits per heavy atom. The summed E-state index contributed by atoms with van der Waals surface area (Å²) < 4.78 is 57.5. The van der Waals surface area contributed by atoms with Crippen LogP contribution in [-0.2, 0) is 20.4 Å². The number of nitrogens with zero attached hydrogens (tertiary/aromatic N) is 2. The van der Waals surface area contributed by atoms with Crippen LogP contribution in [0.25, 0.3) is 0 Å². The Bertz CT molecular complexity index is 1130. The number of rotatable bonds is 21. The maximum absolute atomic E-state index is 13.3. The van der Waals surface area contributed by atoms with Crippen LogP contribution in [0.1, 0.15) is 122 Å². The summed E-state index contributed by atoms with van der Waals surface area (Å²) in [4.78, 5) is 40.4. The summed E-state index contributed by atoms with van der Waals surface area (Å²) in [6.45, 7) is 5.03. The van der Waals surface area contributed by atoms with E-state index in [1.54, 1.807) is 9.88 Å². The van der Waals surface area contributed by atoms with Crippen LogP contribution in [0.5, 0.6) is 0 Å². The van der Waals surface area contributed by atoms with Gasteiger partial charge in [-0.1, -0.05) is 96.8 Å². The van der Waals surface area contributed by atoms with E-state index in [0.717, 1.165) is 32.1 Å². The molecule has 0 aliphatic carbocycles. The second-order valence-corrected chi connectivity index (χ2v) is 11.4. The highest BCUT2D eigenvalue weighted by Crippen LogP contribution is 2.32. The number of terminal acetylenes is 1. The topological polar surface area (TPSA) is 103 Å². The molecule has 1 amide bonds. The van der Waals surface area contributed by atoms with Crippen LogP contribution < -0.4 is 11.2 Å². The van der Waals surface area contributed by atoms with Crippen molar-refractivity contribution in [1.29, 1.82) is 0 Å². The molecule has 1 saturated heterocycles. The predicted octanol–water partition coefficient (Wildman–Crippen LogP) is 6.80. The minimum Gasteiger partial charge on any atom is -0.447 e. The van der Waals surface area contributed by atoms with E-state index in [4.69, 9.17) is 20.6 Å². The van der Waals surface area contributed by atoms with Gasteiger partial charge in [0.15, 0.2) is 0 Å². The second kappa shape index (κ2) is 20.3. The first kappa shape index (κ1) is 37.4. The van der Waals surface area contributed by atoms with Gasteiger partial charge in [-0.2, -0.15) is 13.2 Å². The van der Waals surface area contributed by atoms with E-state index in [0.29, 0.717) is 23.9 Å². The quantitative estimate of drug-likeness (QED) is 0.119. The SMILES string of the molecule is C#CCO[C@H]1C[C@H](n2cc(C(F)(F)F)c(=O)[nH]c2=O)O[C@@H]1COC(=O)N(CCCC)CCCCCCCCCCCCCC. The van der Waals surface area contributed by atoms with Gasteiger partial charge in [0.1, 0.15) is 31.1 Å². The van der Waals surface area contributed by atoms with E-state index < -0.39 is 47.5 Å². The summed E-state index contributed by atoms with van der Waals surface area (Å²) in [5.41, 5.74) is -4.13. The normalized spacial score (nSPS) is 18.3. The Morgan fingerprint density at radius 3 is 2.14 bits per heavy atom. The molecule has 0 radical (unpaired) electrons. The summed E-state index contributed by atoms with van der Waals surface area (Å²) >= 11 is 0. The molecule has 1 aromatic heterocycles. The Hall–Kier alpha value is -2.78. The maximum atomic E-state index is 13.3. The van der Waals surface area contributed by atoms with Crippen molar-refractivity contribution >= 4 is 6.09 Å². The number of aromatic amines is 1. The highest BCUT2D eigenvalue weighted by atomic mass is 19.4. The fourth-order valence-electron chi connectivity index (χ4n) is 5.28.